The molecule has 0 bridgehead atoms. The highest BCUT2D eigenvalue weighted by atomic mass is 19.1. The van der Waals surface area contributed by atoms with Crippen molar-refractivity contribution in [3.63, 3.8) is 0 Å². The standard InChI is InChI=1S/C22H20FN3O2/c1-14-7-8-26(20(28)9-14)13-15-10-17(12-24-11-15)21-18(23)5-3-16-4-6-19(27)25(2)22(16)21/h3,5,7-12H,4,6,13H2,1-2H3. The SMILES string of the molecule is Cc1ccn(Cc2cncc(-c3c(F)ccc4c3N(C)C(=O)CC4)c2)c(=O)c1. The summed E-state index contributed by atoms with van der Waals surface area (Å²) in [6.45, 7) is 2.21. The minimum absolute atomic E-state index is 0.0327. The zero-order valence-electron chi connectivity index (χ0n) is 15.8. The van der Waals surface area contributed by atoms with Crippen LogP contribution in [-0.4, -0.2) is 22.5 Å². The van der Waals surface area contributed by atoms with Crippen molar-refractivity contribution in [3.05, 3.63) is 81.8 Å². The third-order valence-electron chi connectivity index (χ3n) is 5.12. The van der Waals surface area contributed by atoms with Gasteiger partial charge in [0.1, 0.15) is 5.82 Å². The first-order valence-electron chi connectivity index (χ1n) is 9.13. The number of amides is 1. The first kappa shape index (κ1) is 18.1. The number of aromatic nitrogens is 2. The Labute approximate surface area is 162 Å². The molecular formula is C22H20FN3O2. The third kappa shape index (κ3) is 3.22. The maximum atomic E-state index is 14.8. The molecule has 28 heavy (non-hydrogen) atoms. The molecule has 0 saturated carbocycles. The van der Waals surface area contributed by atoms with Crippen molar-refractivity contribution in [2.24, 2.45) is 0 Å². The highest BCUT2D eigenvalue weighted by Gasteiger charge is 2.26. The van der Waals surface area contributed by atoms with Gasteiger partial charge in [-0.2, -0.15) is 0 Å². The van der Waals surface area contributed by atoms with Gasteiger partial charge in [0.05, 0.1) is 12.2 Å². The van der Waals surface area contributed by atoms with Gasteiger partial charge in [-0.3, -0.25) is 14.6 Å². The van der Waals surface area contributed by atoms with Gasteiger partial charge in [0, 0.05) is 49.3 Å². The molecule has 0 fully saturated rings. The Morgan fingerprint density at radius 2 is 1.93 bits per heavy atom. The summed E-state index contributed by atoms with van der Waals surface area (Å²) < 4.78 is 16.4. The number of nitrogens with zero attached hydrogens (tertiary/aromatic N) is 3. The molecule has 142 valence electrons. The lowest BCUT2D eigenvalue weighted by atomic mass is 9.93. The van der Waals surface area contributed by atoms with E-state index in [-0.39, 0.29) is 11.5 Å². The summed E-state index contributed by atoms with van der Waals surface area (Å²) >= 11 is 0. The molecule has 0 atom stereocenters. The normalized spacial score (nSPS) is 13.5. The van der Waals surface area contributed by atoms with E-state index < -0.39 is 5.82 Å². The van der Waals surface area contributed by atoms with Crippen molar-refractivity contribution in [3.8, 4) is 11.1 Å². The van der Waals surface area contributed by atoms with Gasteiger partial charge in [0.25, 0.3) is 5.56 Å². The average Bonchev–Trinajstić information content (AvgIpc) is 2.67. The highest BCUT2D eigenvalue weighted by Crippen LogP contribution is 2.39. The van der Waals surface area contributed by atoms with Gasteiger partial charge >= 0.3 is 0 Å². The fourth-order valence-corrected chi connectivity index (χ4v) is 3.65. The van der Waals surface area contributed by atoms with Crippen LogP contribution in [0.2, 0.25) is 0 Å². The highest BCUT2D eigenvalue weighted by molar-refractivity contribution is 6.00. The Kier molecular flexibility index (Phi) is 4.55. The van der Waals surface area contributed by atoms with E-state index in [1.165, 1.54) is 11.0 Å². The van der Waals surface area contributed by atoms with Crippen LogP contribution in [0.15, 0.2) is 53.7 Å². The lowest BCUT2D eigenvalue weighted by Gasteiger charge is -2.28. The molecule has 0 aliphatic carbocycles. The van der Waals surface area contributed by atoms with Gasteiger partial charge < -0.3 is 9.47 Å². The number of rotatable bonds is 3. The molecule has 1 amide bonds. The topological polar surface area (TPSA) is 55.2 Å². The van der Waals surface area contributed by atoms with Crippen LogP contribution in [0.3, 0.4) is 0 Å². The number of hydrogen-bond acceptors (Lipinski definition) is 3. The number of pyridine rings is 2. The molecule has 0 saturated heterocycles. The number of fused-ring (bicyclic) bond motifs is 1. The molecule has 1 aliphatic heterocycles. The van der Waals surface area contributed by atoms with E-state index in [0.29, 0.717) is 36.2 Å². The second kappa shape index (κ2) is 7.03. The molecule has 3 aromatic rings. The summed E-state index contributed by atoms with van der Waals surface area (Å²) in [4.78, 5) is 30.1. The van der Waals surface area contributed by atoms with Crippen LogP contribution in [0.5, 0.6) is 0 Å². The van der Waals surface area contributed by atoms with Crippen LogP contribution in [0.1, 0.15) is 23.1 Å². The predicted molar refractivity (Wildman–Crippen MR) is 106 cm³/mol. The van der Waals surface area contributed by atoms with Crippen LogP contribution in [0.25, 0.3) is 11.1 Å². The zero-order valence-corrected chi connectivity index (χ0v) is 15.8. The smallest absolute Gasteiger partial charge is 0.251 e. The Hall–Kier alpha value is -3.28. The van der Waals surface area contributed by atoms with Crippen molar-refractivity contribution in [2.45, 2.75) is 26.3 Å². The van der Waals surface area contributed by atoms with Crippen molar-refractivity contribution >= 4 is 11.6 Å². The molecule has 5 nitrogen and oxygen atoms in total. The molecule has 2 aromatic heterocycles. The van der Waals surface area contributed by atoms with Crippen molar-refractivity contribution in [2.75, 3.05) is 11.9 Å². The van der Waals surface area contributed by atoms with E-state index in [9.17, 15) is 14.0 Å². The van der Waals surface area contributed by atoms with Crippen molar-refractivity contribution < 1.29 is 9.18 Å². The number of aryl methyl sites for hydroxylation is 2. The summed E-state index contributed by atoms with van der Waals surface area (Å²) in [5.41, 5.74) is 4.09. The second-order valence-electron chi connectivity index (χ2n) is 7.13. The summed E-state index contributed by atoms with van der Waals surface area (Å²) in [6, 6.07) is 8.44. The first-order valence-corrected chi connectivity index (χ1v) is 9.13. The number of carbonyl (C=O) groups is 1. The quantitative estimate of drug-likeness (QED) is 0.704. The van der Waals surface area contributed by atoms with E-state index in [2.05, 4.69) is 4.98 Å². The molecule has 1 aromatic carbocycles. The molecular weight excluding hydrogens is 357 g/mol. The van der Waals surface area contributed by atoms with Crippen LogP contribution in [0, 0.1) is 12.7 Å². The number of halogens is 1. The Morgan fingerprint density at radius 3 is 2.71 bits per heavy atom. The summed E-state index contributed by atoms with van der Waals surface area (Å²) in [7, 11) is 1.67. The number of benzene rings is 1. The molecule has 0 unspecified atom stereocenters. The zero-order chi connectivity index (χ0) is 19.8. The first-order chi connectivity index (χ1) is 13.4. The van der Waals surface area contributed by atoms with Crippen LogP contribution in [0.4, 0.5) is 10.1 Å². The summed E-state index contributed by atoms with van der Waals surface area (Å²) in [5, 5.41) is 0. The molecule has 6 heteroatoms. The molecule has 0 radical (unpaired) electrons. The molecule has 4 rings (SSSR count). The Balaban J connectivity index is 1.78. The van der Waals surface area contributed by atoms with Gasteiger partial charge in [0.2, 0.25) is 5.91 Å². The number of carbonyl (C=O) groups excluding carboxylic acids is 1. The predicted octanol–water partition coefficient (Wildman–Crippen LogP) is 3.32. The second-order valence-corrected chi connectivity index (χ2v) is 7.13. The van der Waals surface area contributed by atoms with Gasteiger partial charge in [-0.1, -0.05) is 6.07 Å². The maximum Gasteiger partial charge on any atom is 0.251 e. The number of hydrogen-bond donors (Lipinski definition) is 0. The maximum absolute atomic E-state index is 14.8. The molecule has 1 aliphatic rings. The average molecular weight is 377 g/mol. The lowest BCUT2D eigenvalue weighted by molar-refractivity contribution is -0.118. The molecule has 0 spiro atoms. The Morgan fingerprint density at radius 1 is 1.11 bits per heavy atom. The van der Waals surface area contributed by atoms with Crippen molar-refractivity contribution in [1.82, 2.24) is 9.55 Å². The summed E-state index contributed by atoms with van der Waals surface area (Å²) in [5.74, 6) is -0.429. The largest absolute Gasteiger partial charge is 0.314 e. The third-order valence-corrected chi connectivity index (χ3v) is 5.12. The Bertz CT molecular complexity index is 1140. The van der Waals surface area contributed by atoms with E-state index in [1.54, 1.807) is 42.3 Å². The van der Waals surface area contributed by atoms with E-state index >= 15 is 0 Å². The number of anilines is 1. The molecule has 0 N–H and O–H groups in total. The monoisotopic (exact) mass is 377 g/mol. The van der Waals surface area contributed by atoms with Gasteiger partial charge in [-0.05, 0) is 48.2 Å². The van der Waals surface area contributed by atoms with Crippen LogP contribution in [-0.2, 0) is 17.8 Å². The van der Waals surface area contributed by atoms with Crippen LogP contribution < -0.4 is 10.5 Å². The lowest BCUT2D eigenvalue weighted by Crippen LogP contribution is -2.31. The van der Waals surface area contributed by atoms with E-state index in [1.807, 2.05) is 19.1 Å². The fraction of sp³-hybridized carbons (Fsp3) is 0.227. The van der Waals surface area contributed by atoms with Crippen LogP contribution >= 0.6 is 0 Å². The van der Waals surface area contributed by atoms with E-state index in [4.69, 9.17) is 0 Å². The minimum Gasteiger partial charge on any atom is -0.314 e. The fourth-order valence-electron chi connectivity index (χ4n) is 3.65. The minimum atomic E-state index is -0.397. The van der Waals surface area contributed by atoms with Gasteiger partial charge in [-0.15, -0.1) is 0 Å². The van der Waals surface area contributed by atoms with E-state index in [0.717, 1.165) is 16.7 Å². The van der Waals surface area contributed by atoms with Crippen molar-refractivity contribution in [1.29, 1.82) is 0 Å². The summed E-state index contributed by atoms with van der Waals surface area (Å²) in [6.07, 6.45) is 6.01. The molecule has 3 heterocycles. The van der Waals surface area contributed by atoms with Gasteiger partial charge in [0.15, 0.2) is 0 Å². The van der Waals surface area contributed by atoms with Gasteiger partial charge in [-0.25, -0.2) is 4.39 Å².